The first-order chi connectivity index (χ1) is 13.5. The van der Waals surface area contributed by atoms with Gasteiger partial charge in [-0.05, 0) is 29.8 Å². The third-order valence-electron chi connectivity index (χ3n) is 4.12. The van der Waals surface area contributed by atoms with E-state index in [0.717, 1.165) is 5.56 Å². The molecule has 0 aliphatic rings. The Morgan fingerprint density at radius 3 is 2.61 bits per heavy atom. The van der Waals surface area contributed by atoms with Crippen molar-refractivity contribution in [2.45, 2.75) is 12.5 Å². The Morgan fingerprint density at radius 2 is 1.89 bits per heavy atom. The topological polar surface area (TPSA) is 97.1 Å². The van der Waals surface area contributed by atoms with Crippen LogP contribution in [0.2, 0.25) is 5.15 Å². The van der Waals surface area contributed by atoms with E-state index in [0.29, 0.717) is 22.5 Å². The minimum absolute atomic E-state index is 0.0146. The van der Waals surface area contributed by atoms with Crippen LogP contribution in [-0.2, 0) is 11.3 Å². The maximum absolute atomic E-state index is 12.6. The van der Waals surface area contributed by atoms with Crippen LogP contribution in [0.25, 0.3) is 11.0 Å². The number of carbonyl (C=O) groups is 1. The molecule has 3 rings (SSSR count). The average molecular weight is 397 g/mol. The SMILES string of the molecule is COc1cccc(CNC(=O)C(C#N)c2nc3cc(OC)ccc3nc2Cl)c1. The Balaban J connectivity index is 1.84. The fraction of sp³-hybridized carbons (Fsp3) is 0.200. The van der Waals surface area contributed by atoms with Gasteiger partial charge in [0.1, 0.15) is 17.2 Å². The lowest BCUT2D eigenvalue weighted by atomic mass is 10.1. The second kappa shape index (κ2) is 8.55. The lowest BCUT2D eigenvalue weighted by molar-refractivity contribution is -0.121. The van der Waals surface area contributed by atoms with E-state index in [1.807, 2.05) is 24.3 Å². The molecule has 0 radical (unpaired) electrons. The molecule has 2 aromatic carbocycles. The van der Waals surface area contributed by atoms with Crippen LogP contribution in [0.5, 0.6) is 11.5 Å². The Kier molecular flexibility index (Phi) is 5.92. The molecule has 0 bridgehead atoms. The molecular formula is C20H17ClN4O3. The number of hydrogen-bond acceptors (Lipinski definition) is 6. The molecule has 1 heterocycles. The van der Waals surface area contributed by atoms with Crippen molar-refractivity contribution in [2.24, 2.45) is 0 Å². The number of carbonyl (C=O) groups excluding carboxylic acids is 1. The van der Waals surface area contributed by atoms with E-state index in [-0.39, 0.29) is 17.4 Å². The number of hydrogen-bond donors (Lipinski definition) is 1. The zero-order chi connectivity index (χ0) is 20.1. The van der Waals surface area contributed by atoms with Crippen molar-refractivity contribution in [2.75, 3.05) is 14.2 Å². The largest absolute Gasteiger partial charge is 0.497 e. The molecule has 0 aliphatic carbocycles. The number of methoxy groups -OCH3 is 2. The summed E-state index contributed by atoms with van der Waals surface area (Å²) < 4.78 is 10.3. The van der Waals surface area contributed by atoms with Crippen molar-refractivity contribution in [3.63, 3.8) is 0 Å². The number of halogens is 1. The molecule has 8 heteroatoms. The summed E-state index contributed by atoms with van der Waals surface area (Å²) in [6.45, 7) is 0.237. The van der Waals surface area contributed by atoms with Gasteiger partial charge in [0.2, 0.25) is 5.91 Å². The average Bonchev–Trinajstić information content (AvgIpc) is 2.73. The number of benzene rings is 2. The summed E-state index contributed by atoms with van der Waals surface area (Å²) >= 11 is 6.20. The Morgan fingerprint density at radius 1 is 1.14 bits per heavy atom. The number of ether oxygens (including phenoxy) is 2. The fourth-order valence-electron chi connectivity index (χ4n) is 2.65. The predicted molar refractivity (Wildman–Crippen MR) is 104 cm³/mol. The number of nitrogens with one attached hydrogen (secondary N) is 1. The van der Waals surface area contributed by atoms with Crippen LogP contribution in [0.15, 0.2) is 42.5 Å². The maximum Gasteiger partial charge on any atom is 0.243 e. The highest BCUT2D eigenvalue weighted by atomic mass is 35.5. The van der Waals surface area contributed by atoms with Gasteiger partial charge in [-0.25, -0.2) is 9.97 Å². The molecule has 0 saturated heterocycles. The van der Waals surface area contributed by atoms with Crippen LogP contribution in [0.1, 0.15) is 17.2 Å². The highest BCUT2D eigenvalue weighted by molar-refractivity contribution is 6.30. The second-order valence-corrected chi connectivity index (χ2v) is 6.24. The second-order valence-electron chi connectivity index (χ2n) is 5.89. The minimum atomic E-state index is -1.19. The summed E-state index contributed by atoms with van der Waals surface area (Å²) in [5.74, 6) is -0.433. The number of fused-ring (bicyclic) bond motifs is 1. The van der Waals surface area contributed by atoms with Crippen molar-refractivity contribution in [3.05, 3.63) is 58.9 Å². The quantitative estimate of drug-likeness (QED) is 0.687. The van der Waals surface area contributed by atoms with Crippen LogP contribution in [0.4, 0.5) is 0 Å². The molecule has 0 fully saturated rings. The number of amides is 1. The van der Waals surface area contributed by atoms with E-state index < -0.39 is 11.8 Å². The van der Waals surface area contributed by atoms with E-state index in [2.05, 4.69) is 15.3 Å². The molecule has 0 saturated carbocycles. The molecule has 1 N–H and O–H groups in total. The first kappa shape index (κ1) is 19.4. The van der Waals surface area contributed by atoms with Crippen LogP contribution in [0, 0.1) is 11.3 Å². The van der Waals surface area contributed by atoms with Crippen LogP contribution in [-0.4, -0.2) is 30.1 Å². The molecule has 1 unspecified atom stereocenters. The highest BCUT2D eigenvalue weighted by Crippen LogP contribution is 2.26. The highest BCUT2D eigenvalue weighted by Gasteiger charge is 2.25. The molecule has 1 aromatic heterocycles. The summed E-state index contributed by atoms with van der Waals surface area (Å²) in [5, 5.41) is 12.3. The molecule has 7 nitrogen and oxygen atoms in total. The number of nitrogens with zero attached hydrogens (tertiary/aromatic N) is 3. The molecule has 3 aromatic rings. The third kappa shape index (κ3) is 4.13. The summed E-state index contributed by atoms with van der Waals surface area (Å²) in [6.07, 6.45) is 0. The van der Waals surface area contributed by atoms with Crippen LogP contribution in [0.3, 0.4) is 0 Å². The van der Waals surface area contributed by atoms with Crippen molar-refractivity contribution in [1.82, 2.24) is 15.3 Å². The van der Waals surface area contributed by atoms with Gasteiger partial charge in [-0.15, -0.1) is 0 Å². The zero-order valence-corrected chi connectivity index (χ0v) is 16.0. The van der Waals surface area contributed by atoms with Crippen molar-refractivity contribution in [1.29, 1.82) is 5.26 Å². The van der Waals surface area contributed by atoms with E-state index in [1.165, 1.54) is 7.11 Å². The van der Waals surface area contributed by atoms with Crippen LogP contribution >= 0.6 is 11.6 Å². The molecular weight excluding hydrogens is 380 g/mol. The van der Waals surface area contributed by atoms with E-state index in [9.17, 15) is 10.1 Å². The monoisotopic (exact) mass is 396 g/mol. The normalized spacial score (nSPS) is 11.5. The zero-order valence-electron chi connectivity index (χ0n) is 15.3. The summed E-state index contributed by atoms with van der Waals surface area (Å²) in [7, 11) is 3.11. The lowest BCUT2D eigenvalue weighted by Crippen LogP contribution is -2.29. The van der Waals surface area contributed by atoms with Crippen LogP contribution < -0.4 is 14.8 Å². The van der Waals surface area contributed by atoms with Gasteiger partial charge >= 0.3 is 0 Å². The molecule has 1 amide bonds. The van der Waals surface area contributed by atoms with E-state index in [1.54, 1.807) is 31.4 Å². The van der Waals surface area contributed by atoms with Crippen molar-refractivity contribution >= 4 is 28.5 Å². The standard InChI is InChI=1S/C20H17ClN4O3/c1-27-13-5-3-4-12(8-13)11-23-20(26)15(10-22)18-19(21)25-16-7-6-14(28-2)9-17(16)24-18/h3-9,15H,11H2,1-2H3,(H,23,26). The lowest BCUT2D eigenvalue weighted by Gasteiger charge is -2.12. The van der Waals surface area contributed by atoms with E-state index in [4.69, 9.17) is 21.1 Å². The van der Waals surface area contributed by atoms with Gasteiger partial charge in [0.15, 0.2) is 11.1 Å². The first-order valence-corrected chi connectivity index (χ1v) is 8.75. The fourth-order valence-corrected chi connectivity index (χ4v) is 2.90. The number of rotatable bonds is 6. The van der Waals surface area contributed by atoms with Crippen molar-refractivity contribution in [3.8, 4) is 17.6 Å². The van der Waals surface area contributed by atoms with Gasteiger partial charge in [0.05, 0.1) is 31.3 Å². The molecule has 142 valence electrons. The van der Waals surface area contributed by atoms with Gasteiger partial charge in [-0.3, -0.25) is 4.79 Å². The summed E-state index contributed by atoms with van der Waals surface area (Å²) in [5.41, 5.74) is 1.97. The number of nitriles is 1. The van der Waals surface area contributed by atoms with Gasteiger partial charge in [-0.1, -0.05) is 23.7 Å². The van der Waals surface area contributed by atoms with Gasteiger partial charge in [0.25, 0.3) is 0 Å². The summed E-state index contributed by atoms with van der Waals surface area (Å²) in [6, 6.07) is 14.3. The maximum atomic E-state index is 12.6. The van der Waals surface area contributed by atoms with E-state index >= 15 is 0 Å². The third-order valence-corrected chi connectivity index (χ3v) is 4.40. The Hall–Kier alpha value is -3.37. The molecule has 28 heavy (non-hydrogen) atoms. The molecule has 1 atom stereocenters. The smallest absolute Gasteiger partial charge is 0.243 e. The minimum Gasteiger partial charge on any atom is -0.497 e. The molecule has 0 aliphatic heterocycles. The Labute approximate surface area is 166 Å². The first-order valence-electron chi connectivity index (χ1n) is 8.37. The van der Waals surface area contributed by atoms with Crippen molar-refractivity contribution < 1.29 is 14.3 Å². The summed E-state index contributed by atoms with van der Waals surface area (Å²) in [4.78, 5) is 21.2. The number of aromatic nitrogens is 2. The van der Waals surface area contributed by atoms with Gasteiger partial charge < -0.3 is 14.8 Å². The predicted octanol–water partition coefficient (Wildman–Crippen LogP) is 3.22. The van der Waals surface area contributed by atoms with Gasteiger partial charge in [-0.2, -0.15) is 5.26 Å². The Bertz CT molecular complexity index is 1060. The molecule has 0 spiro atoms. The van der Waals surface area contributed by atoms with Gasteiger partial charge in [0, 0.05) is 12.6 Å².